The Morgan fingerprint density at radius 1 is 1.59 bits per heavy atom. The lowest BCUT2D eigenvalue weighted by Crippen LogP contribution is -2.48. The van der Waals surface area contributed by atoms with Gasteiger partial charge in [-0.25, -0.2) is 4.79 Å². The molecule has 0 aliphatic carbocycles. The van der Waals surface area contributed by atoms with E-state index < -0.39 is 17.4 Å². The number of carbonyl (C=O) groups excluding carboxylic acids is 1. The van der Waals surface area contributed by atoms with E-state index in [1.54, 1.807) is 11.8 Å². The van der Waals surface area contributed by atoms with Crippen LogP contribution in [-0.4, -0.2) is 48.1 Å². The predicted octanol–water partition coefficient (Wildman–Crippen LogP) is 0.309. The van der Waals surface area contributed by atoms with Crippen LogP contribution in [0.4, 0.5) is 0 Å². The van der Waals surface area contributed by atoms with E-state index in [4.69, 9.17) is 5.11 Å². The van der Waals surface area contributed by atoms with E-state index in [2.05, 4.69) is 10.6 Å². The number of amides is 1. The maximum Gasteiger partial charge on any atom is 0.326 e. The Labute approximate surface area is 106 Å². The van der Waals surface area contributed by atoms with Crippen molar-refractivity contribution in [2.24, 2.45) is 5.41 Å². The van der Waals surface area contributed by atoms with Crippen LogP contribution in [0.2, 0.25) is 0 Å². The summed E-state index contributed by atoms with van der Waals surface area (Å²) in [5.41, 5.74) is -0.465. The van der Waals surface area contributed by atoms with Crippen LogP contribution in [-0.2, 0) is 9.59 Å². The fourth-order valence-corrected chi connectivity index (χ4v) is 2.31. The van der Waals surface area contributed by atoms with Crippen LogP contribution in [0, 0.1) is 5.41 Å². The normalized spacial score (nSPS) is 25.5. The second kappa shape index (κ2) is 6.26. The predicted molar refractivity (Wildman–Crippen MR) is 68.2 cm³/mol. The lowest BCUT2D eigenvalue weighted by Gasteiger charge is -2.24. The van der Waals surface area contributed by atoms with E-state index in [1.807, 2.05) is 13.2 Å². The number of hydrogen-bond donors (Lipinski definition) is 3. The zero-order valence-electron chi connectivity index (χ0n) is 10.3. The molecule has 98 valence electrons. The number of rotatable bonds is 6. The molecule has 1 rings (SSSR count). The van der Waals surface area contributed by atoms with Gasteiger partial charge in [0.25, 0.3) is 0 Å². The van der Waals surface area contributed by atoms with Gasteiger partial charge in [-0.1, -0.05) is 0 Å². The molecule has 1 aliphatic heterocycles. The van der Waals surface area contributed by atoms with Crippen molar-refractivity contribution in [1.29, 1.82) is 0 Å². The zero-order chi connectivity index (χ0) is 12.9. The van der Waals surface area contributed by atoms with Gasteiger partial charge in [0.05, 0.1) is 5.41 Å². The second-order valence-corrected chi connectivity index (χ2v) is 5.62. The summed E-state index contributed by atoms with van der Waals surface area (Å²) < 4.78 is 0. The van der Waals surface area contributed by atoms with Crippen molar-refractivity contribution in [3.05, 3.63) is 0 Å². The van der Waals surface area contributed by atoms with Gasteiger partial charge in [-0.15, -0.1) is 0 Å². The molecule has 6 heteroatoms. The number of carboxylic acid groups (broad SMARTS) is 1. The van der Waals surface area contributed by atoms with Gasteiger partial charge in [0.1, 0.15) is 6.04 Å². The Bertz CT molecular complexity index is 290. The van der Waals surface area contributed by atoms with Crippen molar-refractivity contribution >= 4 is 23.6 Å². The van der Waals surface area contributed by atoms with E-state index in [-0.39, 0.29) is 5.91 Å². The number of aliphatic carboxylic acids is 1. The molecule has 1 aliphatic rings. The molecule has 0 aromatic carbocycles. The first-order valence-corrected chi connectivity index (χ1v) is 7.12. The van der Waals surface area contributed by atoms with Gasteiger partial charge < -0.3 is 15.7 Å². The van der Waals surface area contributed by atoms with Crippen LogP contribution in [0.1, 0.15) is 19.8 Å². The summed E-state index contributed by atoms with van der Waals surface area (Å²) in [5, 5.41) is 14.8. The minimum Gasteiger partial charge on any atom is -0.480 e. The third-order valence-corrected chi connectivity index (χ3v) is 3.77. The lowest BCUT2D eigenvalue weighted by molar-refractivity contribution is -0.143. The molecule has 0 spiro atoms. The Balaban J connectivity index is 2.54. The third kappa shape index (κ3) is 3.89. The highest BCUT2D eigenvalue weighted by Crippen LogP contribution is 2.24. The first-order valence-electron chi connectivity index (χ1n) is 5.73. The van der Waals surface area contributed by atoms with Gasteiger partial charge in [0, 0.05) is 6.54 Å². The van der Waals surface area contributed by atoms with Gasteiger partial charge in [-0.3, -0.25) is 4.79 Å². The maximum atomic E-state index is 12.0. The van der Waals surface area contributed by atoms with Crippen molar-refractivity contribution < 1.29 is 14.7 Å². The third-order valence-electron chi connectivity index (χ3n) is 3.13. The largest absolute Gasteiger partial charge is 0.480 e. The summed E-state index contributed by atoms with van der Waals surface area (Å²) in [6, 6.07) is -0.771. The summed E-state index contributed by atoms with van der Waals surface area (Å²) in [6.07, 6.45) is 3.14. The summed E-state index contributed by atoms with van der Waals surface area (Å²) in [4.78, 5) is 23.0. The topological polar surface area (TPSA) is 78.4 Å². The molecule has 2 unspecified atom stereocenters. The Hall–Kier alpha value is -0.750. The highest BCUT2D eigenvalue weighted by atomic mass is 32.2. The Morgan fingerprint density at radius 3 is 2.76 bits per heavy atom. The molecule has 3 N–H and O–H groups in total. The number of thioether (sulfide) groups is 1. The average molecular weight is 260 g/mol. The van der Waals surface area contributed by atoms with Crippen LogP contribution in [0.3, 0.4) is 0 Å². The quantitative estimate of drug-likeness (QED) is 0.640. The molecule has 1 amide bonds. The summed E-state index contributed by atoms with van der Waals surface area (Å²) in [7, 11) is 0. The number of hydrogen-bond acceptors (Lipinski definition) is 4. The van der Waals surface area contributed by atoms with Crippen molar-refractivity contribution in [2.45, 2.75) is 25.8 Å². The molecule has 5 nitrogen and oxygen atoms in total. The van der Waals surface area contributed by atoms with E-state index in [9.17, 15) is 9.59 Å². The number of carbonyl (C=O) groups is 2. The maximum absolute atomic E-state index is 12.0. The van der Waals surface area contributed by atoms with Crippen molar-refractivity contribution in [3.63, 3.8) is 0 Å². The van der Waals surface area contributed by atoms with E-state index in [0.717, 1.165) is 18.7 Å². The zero-order valence-corrected chi connectivity index (χ0v) is 11.1. The molecule has 0 aromatic rings. The standard InChI is InChI=1S/C11H20N2O3S/c1-11(4-5-12-7-11)10(16)13-8(9(14)15)3-6-17-2/h8,12H,3-7H2,1-2H3,(H,13,16)(H,14,15). The molecule has 2 atom stereocenters. The van der Waals surface area contributed by atoms with Crippen LogP contribution in [0.15, 0.2) is 0 Å². The lowest BCUT2D eigenvalue weighted by atomic mass is 9.88. The van der Waals surface area contributed by atoms with Gasteiger partial charge in [-0.2, -0.15) is 11.8 Å². The molecule has 1 fully saturated rings. The molecule has 0 radical (unpaired) electrons. The number of nitrogens with one attached hydrogen (secondary N) is 2. The van der Waals surface area contributed by atoms with Gasteiger partial charge >= 0.3 is 5.97 Å². The fraction of sp³-hybridized carbons (Fsp3) is 0.818. The molecule has 17 heavy (non-hydrogen) atoms. The number of carboxylic acids is 1. The van der Waals surface area contributed by atoms with Crippen molar-refractivity contribution in [1.82, 2.24) is 10.6 Å². The van der Waals surface area contributed by atoms with E-state index in [1.165, 1.54) is 0 Å². The molecule has 1 heterocycles. The first kappa shape index (κ1) is 14.3. The monoisotopic (exact) mass is 260 g/mol. The van der Waals surface area contributed by atoms with Crippen molar-refractivity contribution in [2.75, 3.05) is 25.1 Å². The minimum atomic E-state index is -0.957. The van der Waals surface area contributed by atoms with E-state index in [0.29, 0.717) is 13.0 Å². The average Bonchev–Trinajstić information content (AvgIpc) is 2.72. The minimum absolute atomic E-state index is 0.156. The molecule has 0 bridgehead atoms. The Morgan fingerprint density at radius 2 is 2.29 bits per heavy atom. The first-order chi connectivity index (χ1) is 7.99. The highest BCUT2D eigenvalue weighted by molar-refractivity contribution is 7.98. The van der Waals surface area contributed by atoms with Crippen LogP contribution < -0.4 is 10.6 Å². The van der Waals surface area contributed by atoms with Crippen LogP contribution >= 0.6 is 11.8 Å². The molecule has 0 aromatic heterocycles. The van der Waals surface area contributed by atoms with Gasteiger partial charge in [0.2, 0.25) is 5.91 Å². The summed E-state index contributed by atoms with van der Waals surface area (Å²) in [5.74, 6) is -0.385. The molecule has 1 saturated heterocycles. The molecule has 0 saturated carbocycles. The summed E-state index contributed by atoms with van der Waals surface area (Å²) in [6.45, 7) is 3.30. The van der Waals surface area contributed by atoms with E-state index >= 15 is 0 Å². The highest BCUT2D eigenvalue weighted by Gasteiger charge is 2.37. The van der Waals surface area contributed by atoms with Gasteiger partial charge in [0.15, 0.2) is 0 Å². The van der Waals surface area contributed by atoms with Crippen molar-refractivity contribution in [3.8, 4) is 0 Å². The van der Waals surface area contributed by atoms with Gasteiger partial charge in [-0.05, 0) is 38.3 Å². The van der Waals surface area contributed by atoms with Crippen LogP contribution in [0.25, 0.3) is 0 Å². The molecular weight excluding hydrogens is 240 g/mol. The molecular formula is C11H20N2O3S. The smallest absolute Gasteiger partial charge is 0.326 e. The SMILES string of the molecule is CSCCC(NC(=O)C1(C)CCNC1)C(=O)O. The Kier molecular flexibility index (Phi) is 5.27. The summed E-state index contributed by atoms with van der Waals surface area (Å²) >= 11 is 1.58. The fourth-order valence-electron chi connectivity index (χ4n) is 1.84. The second-order valence-electron chi connectivity index (χ2n) is 4.63. The van der Waals surface area contributed by atoms with Crippen LogP contribution in [0.5, 0.6) is 0 Å².